The van der Waals surface area contributed by atoms with Gasteiger partial charge in [0.15, 0.2) is 0 Å². The van der Waals surface area contributed by atoms with Crippen molar-refractivity contribution in [1.82, 2.24) is 5.32 Å². The number of furan rings is 1. The summed E-state index contributed by atoms with van der Waals surface area (Å²) in [6, 6.07) is 4.35. The molecular formula is C12H19NO3S. The normalized spacial score (nSPS) is 10.8. The van der Waals surface area contributed by atoms with E-state index >= 15 is 0 Å². The van der Waals surface area contributed by atoms with E-state index in [9.17, 15) is 4.79 Å². The average molecular weight is 257 g/mol. The van der Waals surface area contributed by atoms with E-state index in [0.29, 0.717) is 17.5 Å². The molecule has 0 aliphatic carbocycles. The van der Waals surface area contributed by atoms with Gasteiger partial charge in [0.05, 0.1) is 25.2 Å². The van der Waals surface area contributed by atoms with Gasteiger partial charge >= 0.3 is 5.97 Å². The molecule has 0 aliphatic heterocycles. The predicted octanol–water partition coefficient (Wildman–Crippen LogP) is 2.18. The van der Waals surface area contributed by atoms with Gasteiger partial charge in [-0.3, -0.25) is 4.79 Å². The van der Waals surface area contributed by atoms with Crippen LogP contribution in [0.3, 0.4) is 0 Å². The smallest absolute Gasteiger partial charge is 0.315 e. The fourth-order valence-corrected chi connectivity index (χ4v) is 1.94. The molecule has 1 aromatic rings. The van der Waals surface area contributed by atoms with Crippen molar-refractivity contribution in [3.05, 3.63) is 23.7 Å². The van der Waals surface area contributed by atoms with Crippen LogP contribution < -0.4 is 5.32 Å². The summed E-state index contributed by atoms with van der Waals surface area (Å²) in [4.78, 5) is 10.9. The summed E-state index contributed by atoms with van der Waals surface area (Å²) in [5, 5.41) is 3.28. The zero-order valence-corrected chi connectivity index (χ0v) is 11.3. The van der Waals surface area contributed by atoms with E-state index in [-0.39, 0.29) is 5.97 Å². The molecule has 0 atom stereocenters. The zero-order valence-electron chi connectivity index (χ0n) is 10.5. The highest BCUT2D eigenvalue weighted by atomic mass is 32.2. The molecular weight excluding hydrogens is 238 g/mol. The first-order chi connectivity index (χ1) is 8.11. The van der Waals surface area contributed by atoms with E-state index in [2.05, 4.69) is 23.9 Å². The van der Waals surface area contributed by atoms with E-state index < -0.39 is 0 Å². The van der Waals surface area contributed by atoms with Crippen molar-refractivity contribution in [2.24, 2.45) is 0 Å². The highest BCUT2D eigenvalue weighted by Crippen LogP contribution is 2.15. The molecule has 0 amide bonds. The third-order valence-corrected chi connectivity index (χ3v) is 3.02. The Bertz CT molecular complexity index is 349. The van der Waals surface area contributed by atoms with Crippen LogP contribution in [-0.2, 0) is 21.8 Å². The molecule has 1 heterocycles. The average Bonchev–Trinajstić information content (AvgIpc) is 2.74. The van der Waals surface area contributed by atoms with Crippen molar-refractivity contribution in [2.45, 2.75) is 32.2 Å². The number of methoxy groups -OCH3 is 1. The van der Waals surface area contributed by atoms with Crippen molar-refractivity contribution in [1.29, 1.82) is 0 Å². The van der Waals surface area contributed by atoms with Gasteiger partial charge in [-0.2, -0.15) is 0 Å². The molecule has 0 fully saturated rings. The van der Waals surface area contributed by atoms with Crippen LogP contribution in [0.5, 0.6) is 0 Å². The monoisotopic (exact) mass is 257 g/mol. The van der Waals surface area contributed by atoms with Crippen LogP contribution in [0.1, 0.15) is 25.4 Å². The van der Waals surface area contributed by atoms with Gasteiger partial charge in [-0.25, -0.2) is 0 Å². The Hall–Kier alpha value is -0.940. The first kappa shape index (κ1) is 14.1. The minimum Gasteiger partial charge on any atom is -0.468 e. The first-order valence-corrected chi connectivity index (χ1v) is 6.73. The number of ether oxygens (including phenoxy) is 1. The lowest BCUT2D eigenvalue weighted by Crippen LogP contribution is -2.21. The van der Waals surface area contributed by atoms with Crippen LogP contribution >= 0.6 is 11.8 Å². The highest BCUT2D eigenvalue weighted by Gasteiger charge is 2.05. The molecule has 1 rings (SSSR count). The molecule has 0 bridgehead atoms. The topological polar surface area (TPSA) is 51.5 Å². The van der Waals surface area contributed by atoms with E-state index in [1.165, 1.54) is 18.9 Å². The molecule has 0 unspecified atom stereocenters. The number of nitrogens with one attached hydrogen (secondary N) is 1. The number of rotatable bonds is 7. The molecule has 0 spiro atoms. The van der Waals surface area contributed by atoms with Gasteiger partial charge in [0, 0.05) is 6.04 Å². The quantitative estimate of drug-likeness (QED) is 0.759. The van der Waals surface area contributed by atoms with Crippen LogP contribution in [0.4, 0.5) is 0 Å². The maximum absolute atomic E-state index is 10.9. The number of hydrogen-bond acceptors (Lipinski definition) is 5. The Kier molecular flexibility index (Phi) is 6.15. The van der Waals surface area contributed by atoms with Gasteiger partial charge in [-0.05, 0) is 12.1 Å². The fraction of sp³-hybridized carbons (Fsp3) is 0.583. The molecule has 0 radical (unpaired) electrons. The SMILES string of the molecule is COC(=O)CSCc1ccc(CNC(C)C)o1. The molecule has 1 N–H and O–H groups in total. The van der Waals surface area contributed by atoms with E-state index in [4.69, 9.17) is 4.42 Å². The molecule has 17 heavy (non-hydrogen) atoms. The van der Waals surface area contributed by atoms with Gasteiger partial charge < -0.3 is 14.5 Å². The summed E-state index contributed by atoms with van der Waals surface area (Å²) < 4.78 is 10.2. The van der Waals surface area contributed by atoms with Crippen molar-refractivity contribution >= 4 is 17.7 Å². The maximum Gasteiger partial charge on any atom is 0.315 e. The summed E-state index contributed by atoms with van der Waals surface area (Å²) in [6.07, 6.45) is 0. The number of carbonyl (C=O) groups excluding carboxylic acids is 1. The number of esters is 1. The third kappa shape index (κ3) is 5.79. The second kappa shape index (κ2) is 7.40. The van der Waals surface area contributed by atoms with Gasteiger partial charge in [0.25, 0.3) is 0 Å². The molecule has 4 nitrogen and oxygen atoms in total. The van der Waals surface area contributed by atoms with Crippen molar-refractivity contribution in [3.63, 3.8) is 0 Å². The maximum atomic E-state index is 10.9. The number of thioether (sulfide) groups is 1. The first-order valence-electron chi connectivity index (χ1n) is 5.57. The fourth-order valence-electron chi connectivity index (χ4n) is 1.19. The zero-order chi connectivity index (χ0) is 12.7. The van der Waals surface area contributed by atoms with Gasteiger partial charge in [0.1, 0.15) is 11.5 Å². The molecule has 96 valence electrons. The minimum atomic E-state index is -0.205. The Labute approximate surface area is 106 Å². The Morgan fingerprint density at radius 3 is 2.82 bits per heavy atom. The van der Waals surface area contributed by atoms with E-state index in [1.54, 1.807) is 0 Å². The predicted molar refractivity (Wildman–Crippen MR) is 68.9 cm³/mol. The summed E-state index contributed by atoms with van der Waals surface area (Å²) in [7, 11) is 1.39. The molecule has 0 aromatic carbocycles. The van der Waals surface area contributed by atoms with Crippen LogP contribution in [0.25, 0.3) is 0 Å². The number of hydrogen-bond donors (Lipinski definition) is 1. The van der Waals surface area contributed by atoms with E-state index in [1.807, 2.05) is 12.1 Å². The highest BCUT2D eigenvalue weighted by molar-refractivity contribution is 7.99. The lowest BCUT2D eigenvalue weighted by molar-refractivity contribution is -0.137. The second-order valence-corrected chi connectivity index (χ2v) is 4.96. The van der Waals surface area contributed by atoms with Gasteiger partial charge in [-0.1, -0.05) is 13.8 Å². The third-order valence-electron chi connectivity index (χ3n) is 2.09. The Morgan fingerprint density at radius 2 is 2.18 bits per heavy atom. The van der Waals surface area contributed by atoms with Crippen LogP contribution in [-0.4, -0.2) is 24.9 Å². The van der Waals surface area contributed by atoms with Crippen molar-refractivity contribution in [3.8, 4) is 0 Å². The van der Waals surface area contributed by atoms with Crippen LogP contribution in [0.2, 0.25) is 0 Å². The van der Waals surface area contributed by atoms with E-state index in [0.717, 1.165) is 18.1 Å². The van der Waals surface area contributed by atoms with Gasteiger partial charge in [0.2, 0.25) is 0 Å². The van der Waals surface area contributed by atoms with Crippen molar-refractivity contribution in [2.75, 3.05) is 12.9 Å². The molecule has 0 aliphatic rings. The van der Waals surface area contributed by atoms with Gasteiger partial charge in [-0.15, -0.1) is 11.8 Å². The number of carbonyl (C=O) groups is 1. The summed E-state index contributed by atoms with van der Waals surface area (Å²) in [6.45, 7) is 4.92. The Balaban J connectivity index is 2.28. The molecule has 0 saturated carbocycles. The summed E-state index contributed by atoms with van der Waals surface area (Å²) in [5.41, 5.74) is 0. The second-order valence-electron chi connectivity index (χ2n) is 3.97. The lowest BCUT2D eigenvalue weighted by atomic mass is 10.3. The Morgan fingerprint density at radius 1 is 1.47 bits per heavy atom. The molecule has 5 heteroatoms. The molecule has 1 aromatic heterocycles. The lowest BCUT2D eigenvalue weighted by Gasteiger charge is -2.05. The minimum absolute atomic E-state index is 0.205. The summed E-state index contributed by atoms with van der Waals surface area (Å²) >= 11 is 1.49. The van der Waals surface area contributed by atoms with Crippen molar-refractivity contribution < 1.29 is 13.9 Å². The van der Waals surface area contributed by atoms with Crippen LogP contribution in [0.15, 0.2) is 16.5 Å². The molecule has 0 saturated heterocycles. The largest absolute Gasteiger partial charge is 0.468 e. The summed E-state index contributed by atoms with van der Waals surface area (Å²) in [5.74, 6) is 2.66. The standard InChI is InChI=1S/C12H19NO3S/c1-9(2)13-6-10-4-5-11(16-10)7-17-8-12(14)15-3/h4-5,9,13H,6-8H2,1-3H3. The van der Waals surface area contributed by atoms with Crippen LogP contribution in [0, 0.1) is 0 Å².